The van der Waals surface area contributed by atoms with Gasteiger partial charge in [0.15, 0.2) is 0 Å². The zero-order valence-corrected chi connectivity index (χ0v) is 16.7. The smallest absolute Gasteiger partial charge is 0.139 e. The van der Waals surface area contributed by atoms with E-state index in [1.807, 2.05) is 30.3 Å². The highest BCUT2D eigenvalue weighted by Crippen LogP contribution is 2.61. The molecule has 2 bridgehead atoms. The van der Waals surface area contributed by atoms with Gasteiger partial charge in [-0.3, -0.25) is 4.79 Å². The molecule has 0 spiro atoms. The maximum atomic E-state index is 12.5. The number of hydrogen-bond donors (Lipinski definition) is 0. The van der Waals surface area contributed by atoms with Crippen molar-refractivity contribution in [2.24, 2.45) is 29.1 Å². The molecule has 2 heteroatoms. The molecule has 1 aromatic rings. The van der Waals surface area contributed by atoms with Crippen LogP contribution in [0.3, 0.4) is 0 Å². The molecule has 4 aliphatic carbocycles. The Bertz CT molecular complexity index is 722. The zero-order chi connectivity index (χ0) is 18.9. The van der Waals surface area contributed by atoms with Crippen LogP contribution in [0.2, 0.25) is 0 Å². The first-order chi connectivity index (χ1) is 13.1. The van der Waals surface area contributed by atoms with E-state index in [1.54, 1.807) is 0 Å². The maximum absolute atomic E-state index is 12.5. The van der Waals surface area contributed by atoms with Crippen LogP contribution in [0.5, 0.6) is 0 Å². The molecule has 4 fully saturated rings. The van der Waals surface area contributed by atoms with Crippen LogP contribution in [0, 0.1) is 40.9 Å². The van der Waals surface area contributed by atoms with E-state index in [0.717, 1.165) is 43.3 Å². The van der Waals surface area contributed by atoms with Gasteiger partial charge in [-0.05, 0) is 67.4 Å². The molecular weight excluding hydrogens is 332 g/mol. The molecule has 0 radical (unpaired) electrons. The summed E-state index contributed by atoms with van der Waals surface area (Å²) in [4.78, 5) is 12.5. The Morgan fingerprint density at radius 3 is 2.67 bits per heavy atom. The van der Waals surface area contributed by atoms with Crippen molar-refractivity contribution < 1.29 is 9.53 Å². The van der Waals surface area contributed by atoms with E-state index in [1.165, 1.54) is 19.3 Å². The molecule has 1 aromatic carbocycles. The zero-order valence-electron chi connectivity index (χ0n) is 16.7. The first-order valence-electron chi connectivity index (χ1n) is 10.8. The van der Waals surface area contributed by atoms with E-state index in [0.29, 0.717) is 23.5 Å². The predicted molar refractivity (Wildman–Crippen MR) is 108 cm³/mol. The molecule has 2 nitrogen and oxygen atoms in total. The molecule has 4 saturated carbocycles. The topological polar surface area (TPSA) is 26.3 Å². The third kappa shape index (κ3) is 3.85. The highest BCUT2D eigenvalue weighted by Gasteiger charge is 2.54. The Balaban J connectivity index is 1.46. The van der Waals surface area contributed by atoms with Crippen molar-refractivity contribution in [1.82, 2.24) is 0 Å². The summed E-state index contributed by atoms with van der Waals surface area (Å²) in [6.45, 7) is 5.61. The van der Waals surface area contributed by atoms with Gasteiger partial charge in [-0.15, -0.1) is 0 Å². The highest BCUT2D eigenvalue weighted by molar-refractivity contribution is 5.82. The van der Waals surface area contributed by atoms with E-state index in [4.69, 9.17) is 4.74 Å². The number of Topliss-reactive ketones (excluding diaryl/α,β-unsaturated/α-hetero) is 1. The molecule has 0 saturated heterocycles. The van der Waals surface area contributed by atoms with Crippen molar-refractivity contribution in [1.29, 1.82) is 0 Å². The van der Waals surface area contributed by atoms with Gasteiger partial charge < -0.3 is 4.74 Å². The lowest BCUT2D eigenvalue weighted by Crippen LogP contribution is -2.53. The van der Waals surface area contributed by atoms with Crippen LogP contribution >= 0.6 is 0 Å². The molecule has 27 heavy (non-hydrogen) atoms. The fraction of sp³-hybridized carbons (Fsp3) is 0.640. The number of ether oxygens (including phenoxy) is 1. The van der Waals surface area contributed by atoms with Crippen LogP contribution in [0.1, 0.15) is 64.4 Å². The Morgan fingerprint density at radius 1 is 1.15 bits per heavy atom. The minimum absolute atomic E-state index is 0.0410. The number of ketones is 1. The number of fused-ring (bicyclic) bond motifs is 2. The summed E-state index contributed by atoms with van der Waals surface area (Å²) < 4.78 is 6.41. The molecule has 0 N–H and O–H groups in total. The SMILES string of the molecule is CC1(C)[C@@H]2CC[C@@H](CO[C@H](C#Cc3ccccc3)[C@@H]3CCCCC3=O)[C@H]1C2. The monoisotopic (exact) mass is 364 g/mol. The molecule has 144 valence electrons. The molecule has 0 unspecified atom stereocenters. The summed E-state index contributed by atoms with van der Waals surface area (Å²) in [6, 6.07) is 10.0. The van der Waals surface area contributed by atoms with Crippen LogP contribution in [0.15, 0.2) is 30.3 Å². The van der Waals surface area contributed by atoms with Crippen molar-refractivity contribution in [3.8, 4) is 11.8 Å². The Hall–Kier alpha value is -1.59. The summed E-state index contributed by atoms with van der Waals surface area (Å²) >= 11 is 0. The number of carbonyl (C=O) groups excluding carboxylic acids is 1. The van der Waals surface area contributed by atoms with Gasteiger partial charge in [0.2, 0.25) is 0 Å². The lowest BCUT2D eigenvalue weighted by atomic mass is 9.46. The molecule has 4 aliphatic rings. The van der Waals surface area contributed by atoms with E-state index in [-0.39, 0.29) is 12.0 Å². The summed E-state index contributed by atoms with van der Waals surface area (Å²) in [7, 11) is 0. The minimum Gasteiger partial charge on any atom is -0.364 e. The van der Waals surface area contributed by atoms with Crippen molar-refractivity contribution >= 4 is 5.78 Å². The summed E-state index contributed by atoms with van der Waals surface area (Å²) in [5.41, 5.74) is 1.47. The normalized spacial score (nSPS) is 32.7. The molecular formula is C25H32O2. The largest absolute Gasteiger partial charge is 0.364 e. The maximum Gasteiger partial charge on any atom is 0.139 e. The van der Waals surface area contributed by atoms with Gasteiger partial charge in [-0.2, -0.15) is 0 Å². The lowest BCUT2D eigenvalue weighted by Gasteiger charge is -2.60. The third-order valence-electron chi connectivity index (χ3n) is 7.59. The van der Waals surface area contributed by atoms with Gasteiger partial charge in [0.05, 0.1) is 12.5 Å². The van der Waals surface area contributed by atoms with Gasteiger partial charge in [-0.1, -0.05) is 50.3 Å². The number of benzene rings is 1. The number of rotatable bonds is 4. The standard InChI is InChI=1S/C25H32O2/c1-25(2)20-14-13-19(22(25)16-20)17-27-24(21-10-6-7-11-23(21)26)15-12-18-8-4-3-5-9-18/h3-5,8-9,19-22,24H,6-7,10-11,13-14,16-17H2,1-2H3/t19-,20+,21+,22+,24+/m0/s1. The van der Waals surface area contributed by atoms with Crippen LogP contribution in [0.25, 0.3) is 0 Å². The van der Waals surface area contributed by atoms with Crippen LogP contribution in [-0.4, -0.2) is 18.5 Å². The Labute approximate surface area is 164 Å². The fourth-order valence-electron chi connectivity index (χ4n) is 5.65. The second-order valence-corrected chi connectivity index (χ2v) is 9.41. The van der Waals surface area contributed by atoms with Crippen LogP contribution < -0.4 is 0 Å². The summed E-state index contributed by atoms with van der Waals surface area (Å²) in [5.74, 6) is 9.22. The first kappa shape index (κ1) is 18.8. The quantitative estimate of drug-likeness (QED) is 0.682. The van der Waals surface area contributed by atoms with Gasteiger partial charge in [0.1, 0.15) is 11.9 Å². The van der Waals surface area contributed by atoms with Gasteiger partial charge in [0.25, 0.3) is 0 Å². The van der Waals surface area contributed by atoms with Crippen molar-refractivity contribution in [2.75, 3.05) is 6.61 Å². The lowest BCUT2D eigenvalue weighted by molar-refractivity contribution is -0.139. The van der Waals surface area contributed by atoms with Gasteiger partial charge in [-0.25, -0.2) is 0 Å². The Kier molecular flexibility index (Phi) is 5.42. The second-order valence-electron chi connectivity index (χ2n) is 9.41. The average molecular weight is 365 g/mol. The highest BCUT2D eigenvalue weighted by atomic mass is 16.5. The molecule has 0 aromatic heterocycles. The number of carbonyl (C=O) groups is 1. The summed E-state index contributed by atoms with van der Waals surface area (Å²) in [5, 5.41) is 0. The van der Waals surface area contributed by atoms with E-state index in [9.17, 15) is 4.79 Å². The minimum atomic E-state index is -0.251. The van der Waals surface area contributed by atoms with Crippen molar-refractivity contribution in [2.45, 2.75) is 64.9 Å². The van der Waals surface area contributed by atoms with Gasteiger partial charge in [0, 0.05) is 12.0 Å². The van der Waals surface area contributed by atoms with Crippen molar-refractivity contribution in [3.63, 3.8) is 0 Å². The van der Waals surface area contributed by atoms with E-state index in [2.05, 4.69) is 25.7 Å². The van der Waals surface area contributed by atoms with E-state index < -0.39 is 0 Å². The molecule has 0 amide bonds. The summed E-state index contributed by atoms with van der Waals surface area (Å²) in [6.07, 6.45) is 7.48. The van der Waals surface area contributed by atoms with Crippen LogP contribution in [0.4, 0.5) is 0 Å². The predicted octanol–water partition coefficient (Wildman–Crippen LogP) is 5.25. The van der Waals surface area contributed by atoms with E-state index >= 15 is 0 Å². The molecule has 0 aliphatic heterocycles. The van der Waals surface area contributed by atoms with Crippen molar-refractivity contribution in [3.05, 3.63) is 35.9 Å². The molecule has 5 rings (SSSR count). The second kappa shape index (κ2) is 7.80. The number of hydrogen-bond acceptors (Lipinski definition) is 2. The average Bonchev–Trinajstić information content (AvgIpc) is 2.69. The van der Waals surface area contributed by atoms with Gasteiger partial charge >= 0.3 is 0 Å². The van der Waals surface area contributed by atoms with Crippen LogP contribution in [-0.2, 0) is 9.53 Å². The first-order valence-corrected chi connectivity index (χ1v) is 10.8. The third-order valence-corrected chi connectivity index (χ3v) is 7.59. The fourth-order valence-corrected chi connectivity index (χ4v) is 5.65. The molecule has 5 atom stereocenters. The molecule has 0 heterocycles. The Morgan fingerprint density at radius 2 is 1.96 bits per heavy atom.